The minimum absolute atomic E-state index is 0.136. The summed E-state index contributed by atoms with van der Waals surface area (Å²) in [5, 5.41) is 3.35. The summed E-state index contributed by atoms with van der Waals surface area (Å²) in [6, 6.07) is 12.8. The van der Waals surface area contributed by atoms with E-state index in [9.17, 15) is 9.59 Å². The number of nitrogens with one attached hydrogen (secondary N) is 1. The normalized spacial score (nSPS) is 10.6. The highest BCUT2D eigenvalue weighted by Gasteiger charge is 2.08. The van der Waals surface area contributed by atoms with Gasteiger partial charge in [-0.05, 0) is 30.7 Å². The Hall–Kier alpha value is -3.35. The predicted molar refractivity (Wildman–Crippen MR) is 107 cm³/mol. The summed E-state index contributed by atoms with van der Waals surface area (Å²) in [5.74, 6) is 1.24. The molecular weight excluding hydrogens is 358 g/mol. The van der Waals surface area contributed by atoms with Crippen LogP contribution in [0.5, 0.6) is 11.5 Å². The second kappa shape index (κ2) is 9.03. The quantitative estimate of drug-likeness (QED) is 0.606. The van der Waals surface area contributed by atoms with E-state index < -0.39 is 0 Å². The molecule has 28 heavy (non-hydrogen) atoms. The summed E-state index contributed by atoms with van der Waals surface area (Å²) in [7, 11) is 1.59. The first kappa shape index (κ1) is 19.4. The monoisotopic (exact) mass is 381 g/mol. The third-order valence-corrected chi connectivity index (χ3v) is 4.37. The molecule has 1 heterocycles. The fraction of sp³-hybridized carbons (Fsp3) is 0.286. The number of fused-ring (bicyclic) bond motifs is 1. The van der Waals surface area contributed by atoms with Gasteiger partial charge in [0.25, 0.3) is 5.56 Å². The SMILES string of the molecule is COc1cccc(OCCNC(=O)CCn2cnc3c(C)cccc3c2=O)c1. The Bertz CT molecular complexity index is 1030. The lowest BCUT2D eigenvalue weighted by Crippen LogP contribution is -2.30. The molecule has 0 aliphatic heterocycles. The molecular formula is C21H23N3O4. The highest BCUT2D eigenvalue weighted by atomic mass is 16.5. The molecule has 3 rings (SSSR count). The van der Waals surface area contributed by atoms with Crippen molar-refractivity contribution in [2.45, 2.75) is 19.9 Å². The van der Waals surface area contributed by atoms with Crippen LogP contribution < -0.4 is 20.3 Å². The van der Waals surface area contributed by atoms with Gasteiger partial charge in [0.05, 0.1) is 30.9 Å². The number of amides is 1. The molecule has 0 unspecified atom stereocenters. The number of para-hydroxylation sites is 1. The Morgan fingerprint density at radius 3 is 2.79 bits per heavy atom. The highest BCUT2D eigenvalue weighted by molar-refractivity contribution is 5.80. The molecule has 0 bridgehead atoms. The average molecular weight is 381 g/mol. The first-order valence-corrected chi connectivity index (χ1v) is 9.07. The molecule has 1 amide bonds. The molecule has 1 N–H and O–H groups in total. The molecule has 0 saturated heterocycles. The summed E-state index contributed by atoms with van der Waals surface area (Å²) in [6.07, 6.45) is 1.69. The van der Waals surface area contributed by atoms with Crippen molar-refractivity contribution < 1.29 is 14.3 Å². The van der Waals surface area contributed by atoms with Crippen molar-refractivity contribution in [3.8, 4) is 11.5 Å². The average Bonchev–Trinajstić information content (AvgIpc) is 2.71. The Kier molecular flexibility index (Phi) is 6.26. The van der Waals surface area contributed by atoms with Gasteiger partial charge in [-0.2, -0.15) is 0 Å². The maximum atomic E-state index is 12.5. The number of nitrogens with zero attached hydrogens (tertiary/aromatic N) is 2. The number of ether oxygens (including phenoxy) is 2. The minimum atomic E-state index is -0.148. The fourth-order valence-corrected chi connectivity index (χ4v) is 2.86. The minimum Gasteiger partial charge on any atom is -0.497 e. The lowest BCUT2D eigenvalue weighted by atomic mass is 10.1. The largest absolute Gasteiger partial charge is 0.497 e. The predicted octanol–water partition coefficient (Wildman–Crippen LogP) is 2.30. The van der Waals surface area contributed by atoms with E-state index in [1.165, 1.54) is 10.9 Å². The van der Waals surface area contributed by atoms with E-state index >= 15 is 0 Å². The zero-order valence-corrected chi connectivity index (χ0v) is 16.0. The second-order valence-corrected chi connectivity index (χ2v) is 6.34. The van der Waals surface area contributed by atoms with Crippen molar-refractivity contribution in [1.82, 2.24) is 14.9 Å². The van der Waals surface area contributed by atoms with Gasteiger partial charge in [-0.25, -0.2) is 4.98 Å². The number of carbonyl (C=O) groups excluding carboxylic acids is 1. The molecule has 2 aromatic carbocycles. The Morgan fingerprint density at radius 2 is 1.96 bits per heavy atom. The number of methoxy groups -OCH3 is 1. The summed E-state index contributed by atoms with van der Waals surface area (Å²) >= 11 is 0. The topological polar surface area (TPSA) is 82.4 Å². The number of hydrogen-bond acceptors (Lipinski definition) is 5. The summed E-state index contributed by atoms with van der Waals surface area (Å²) in [5.41, 5.74) is 1.52. The fourth-order valence-electron chi connectivity index (χ4n) is 2.86. The second-order valence-electron chi connectivity index (χ2n) is 6.34. The van der Waals surface area contributed by atoms with Crippen LogP contribution in [0.4, 0.5) is 0 Å². The summed E-state index contributed by atoms with van der Waals surface area (Å²) in [6.45, 7) is 2.91. The van der Waals surface area contributed by atoms with Gasteiger partial charge in [0, 0.05) is 19.0 Å². The molecule has 0 saturated carbocycles. The Balaban J connectivity index is 1.47. The van der Waals surface area contributed by atoms with Gasteiger partial charge in [0.1, 0.15) is 18.1 Å². The van der Waals surface area contributed by atoms with E-state index in [2.05, 4.69) is 10.3 Å². The number of aryl methyl sites for hydroxylation is 2. The molecule has 0 radical (unpaired) electrons. The Labute approximate surface area is 162 Å². The van der Waals surface area contributed by atoms with Gasteiger partial charge >= 0.3 is 0 Å². The highest BCUT2D eigenvalue weighted by Crippen LogP contribution is 2.18. The third-order valence-electron chi connectivity index (χ3n) is 4.37. The van der Waals surface area contributed by atoms with Gasteiger partial charge in [0.15, 0.2) is 0 Å². The van der Waals surface area contributed by atoms with Crippen LogP contribution in [0.2, 0.25) is 0 Å². The first-order valence-electron chi connectivity index (χ1n) is 9.07. The summed E-state index contributed by atoms with van der Waals surface area (Å²) < 4.78 is 12.2. The van der Waals surface area contributed by atoms with Gasteiger partial charge in [-0.3, -0.25) is 14.2 Å². The van der Waals surface area contributed by atoms with Crippen molar-refractivity contribution >= 4 is 16.8 Å². The van der Waals surface area contributed by atoms with E-state index in [4.69, 9.17) is 9.47 Å². The van der Waals surface area contributed by atoms with Gasteiger partial charge < -0.3 is 14.8 Å². The number of aromatic nitrogens is 2. The van der Waals surface area contributed by atoms with E-state index in [-0.39, 0.29) is 24.4 Å². The zero-order valence-electron chi connectivity index (χ0n) is 16.0. The van der Waals surface area contributed by atoms with Crippen molar-refractivity contribution in [2.24, 2.45) is 0 Å². The lowest BCUT2D eigenvalue weighted by Gasteiger charge is -2.10. The van der Waals surface area contributed by atoms with Crippen molar-refractivity contribution in [3.05, 3.63) is 64.7 Å². The molecule has 3 aromatic rings. The maximum absolute atomic E-state index is 12.5. The molecule has 7 heteroatoms. The smallest absolute Gasteiger partial charge is 0.261 e. The first-order chi connectivity index (χ1) is 13.6. The molecule has 7 nitrogen and oxygen atoms in total. The standard InChI is InChI=1S/C21H23N3O4/c1-15-5-3-8-18-20(15)23-14-24(21(18)26)11-9-19(25)22-10-12-28-17-7-4-6-16(13-17)27-2/h3-8,13-14H,9-12H2,1-2H3,(H,22,25). The van der Waals surface area contributed by atoms with Crippen LogP contribution in [-0.2, 0) is 11.3 Å². The number of hydrogen-bond donors (Lipinski definition) is 1. The van der Waals surface area contributed by atoms with Gasteiger partial charge in [-0.15, -0.1) is 0 Å². The number of rotatable bonds is 8. The van der Waals surface area contributed by atoms with Crippen LogP contribution in [-0.4, -0.2) is 35.7 Å². The Morgan fingerprint density at radius 1 is 1.18 bits per heavy atom. The van der Waals surface area contributed by atoms with Crippen LogP contribution in [0.25, 0.3) is 10.9 Å². The van der Waals surface area contributed by atoms with Crippen LogP contribution in [0, 0.1) is 6.92 Å². The van der Waals surface area contributed by atoms with Crippen LogP contribution in [0.3, 0.4) is 0 Å². The van der Waals surface area contributed by atoms with E-state index in [0.29, 0.717) is 35.6 Å². The van der Waals surface area contributed by atoms with Crippen LogP contribution in [0.1, 0.15) is 12.0 Å². The van der Waals surface area contributed by atoms with Crippen molar-refractivity contribution in [1.29, 1.82) is 0 Å². The summed E-state index contributed by atoms with van der Waals surface area (Å²) in [4.78, 5) is 28.9. The van der Waals surface area contributed by atoms with Crippen LogP contribution >= 0.6 is 0 Å². The molecule has 0 atom stereocenters. The molecule has 0 spiro atoms. The molecule has 1 aromatic heterocycles. The molecule has 146 valence electrons. The maximum Gasteiger partial charge on any atom is 0.261 e. The van der Waals surface area contributed by atoms with Gasteiger partial charge in [0.2, 0.25) is 5.91 Å². The zero-order chi connectivity index (χ0) is 19.9. The molecule has 0 aliphatic carbocycles. The van der Waals surface area contributed by atoms with E-state index in [1.54, 1.807) is 19.2 Å². The number of benzene rings is 2. The van der Waals surface area contributed by atoms with E-state index in [0.717, 1.165) is 5.56 Å². The van der Waals surface area contributed by atoms with Crippen molar-refractivity contribution in [3.63, 3.8) is 0 Å². The lowest BCUT2D eigenvalue weighted by molar-refractivity contribution is -0.121. The van der Waals surface area contributed by atoms with E-state index in [1.807, 2.05) is 37.3 Å². The van der Waals surface area contributed by atoms with Gasteiger partial charge in [-0.1, -0.05) is 18.2 Å². The van der Waals surface area contributed by atoms with Crippen LogP contribution in [0.15, 0.2) is 53.6 Å². The third kappa shape index (κ3) is 4.68. The van der Waals surface area contributed by atoms with Crippen molar-refractivity contribution in [2.75, 3.05) is 20.3 Å². The molecule has 0 fully saturated rings. The molecule has 0 aliphatic rings. The number of carbonyl (C=O) groups is 1.